The molecule has 0 saturated heterocycles. The lowest BCUT2D eigenvalue weighted by atomic mass is 9.97. The lowest BCUT2D eigenvalue weighted by Crippen LogP contribution is -2.08. The number of para-hydroxylation sites is 2. The Hall–Kier alpha value is -11.1. The highest BCUT2D eigenvalue weighted by Crippen LogP contribution is 2.46. The number of hydrogen-bond acceptors (Lipinski definition) is 3. The molecule has 0 bridgehead atoms. The van der Waals surface area contributed by atoms with Crippen molar-refractivity contribution in [2.45, 2.75) is 0 Å². The largest absolute Gasteiger partial charge is 0.308 e. The van der Waals surface area contributed by atoms with Crippen LogP contribution in [0.1, 0.15) is 16.7 Å². The van der Waals surface area contributed by atoms with Gasteiger partial charge in [-0.2, -0.15) is 15.8 Å². The van der Waals surface area contributed by atoms with Crippen LogP contribution in [-0.4, -0.2) is 9.13 Å². The Labute approximate surface area is 435 Å². The molecule has 0 unspecified atom stereocenters. The number of nitriles is 3. The summed E-state index contributed by atoms with van der Waals surface area (Å²) in [6.45, 7) is 16.0. The fraction of sp³-hybridized carbons (Fsp3) is 0. The molecule has 0 saturated carbocycles. The van der Waals surface area contributed by atoms with Crippen molar-refractivity contribution < 1.29 is 22.0 Å². The van der Waals surface area contributed by atoms with E-state index in [0.29, 0.717) is 111 Å². The molecule has 0 aliphatic heterocycles. The van der Waals surface area contributed by atoms with E-state index in [-0.39, 0.29) is 16.9 Å². The number of hydrogen-bond donors (Lipinski definition) is 0. The van der Waals surface area contributed by atoms with E-state index in [1.54, 1.807) is 106 Å². The summed E-state index contributed by atoms with van der Waals surface area (Å²) in [4.78, 5) is 7.53. The molecular weight excluding hydrogens is 974 g/mol. The first kappa shape index (κ1) is 46.9. The van der Waals surface area contributed by atoms with Crippen LogP contribution in [0.3, 0.4) is 0 Å². The number of rotatable bonds is 7. The van der Waals surface area contributed by atoms with Crippen molar-refractivity contribution in [3.05, 3.63) is 251 Å². The van der Waals surface area contributed by atoms with E-state index >= 15 is 17.6 Å². The van der Waals surface area contributed by atoms with Crippen molar-refractivity contribution in [3.63, 3.8) is 0 Å². The Balaban J connectivity index is 1.28. The second-order valence-corrected chi connectivity index (χ2v) is 18.1. The van der Waals surface area contributed by atoms with Crippen LogP contribution in [0.2, 0.25) is 0 Å². The third-order valence-corrected chi connectivity index (χ3v) is 14.1. The molecule has 0 aliphatic rings. The summed E-state index contributed by atoms with van der Waals surface area (Å²) >= 11 is 0. The van der Waals surface area contributed by atoms with Crippen molar-refractivity contribution in [1.29, 1.82) is 15.8 Å². The van der Waals surface area contributed by atoms with E-state index < -0.39 is 40.2 Å². The van der Waals surface area contributed by atoms with Crippen LogP contribution < -0.4 is 0 Å². The number of halogens is 5. The van der Waals surface area contributed by atoms with E-state index in [1.807, 2.05) is 72.8 Å². The summed E-state index contributed by atoms with van der Waals surface area (Å²) in [5, 5.41) is 34.9. The first-order valence-corrected chi connectivity index (χ1v) is 23.8. The van der Waals surface area contributed by atoms with Gasteiger partial charge >= 0.3 is 0 Å². The van der Waals surface area contributed by atoms with E-state index in [2.05, 4.69) is 27.9 Å². The summed E-state index contributed by atoms with van der Waals surface area (Å²) in [6, 6.07) is 59.3. The van der Waals surface area contributed by atoms with Crippen molar-refractivity contribution in [1.82, 2.24) is 9.13 Å². The summed E-state index contributed by atoms with van der Waals surface area (Å²) in [7, 11) is 0. The van der Waals surface area contributed by atoms with Gasteiger partial charge in [0, 0.05) is 21.5 Å². The quantitative estimate of drug-likeness (QED) is 0.0689. The first-order valence-electron chi connectivity index (χ1n) is 23.8. The van der Waals surface area contributed by atoms with E-state index in [0.717, 1.165) is 0 Å². The number of benzene rings is 10. The number of nitrogens with zero attached hydrogens (tertiary/aromatic N) is 7. The highest BCUT2D eigenvalue weighted by Gasteiger charge is 2.30. The molecule has 0 aliphatic carbocycles. The zero-order valence-electron chi connectivity index (χ0n) is 39.8. The average molecular weight is 1000 g/mol. The smallest absolute Gasteiger partial charge is 0.200 e. The molecule has 0 N–H and O–H groups in total. The minimum absolute atomic E-state index is 0.0271. The molecule has 0 spiro atoms. The standard InChI is InChI=1S/C65H30F5N7/c1-74-52-17-9-7-15-45(52)38-21-25-49-47-23-19-36(43-13-5-3-11-40(43)33-71)27-54(47)76(56(49)29-38)58-31-42(60-61(66)63(68)65(70)64(69)62(60)67)32-59(51(58)35-73)77-55-28-37(44-14-6-4-12-41(44)34-72)20-24-48(55)50-26-22-39(30-57(50)77)46-16-8-10-18-53(46)75-2/h3-32H. The molecular formula is C65H30F5N7. The van der Waals surface area contributed by atoms with Gasteiger partial charge in [0.15, 0.2) is 34.6 Å². The van der Waals surface area contributed by atoms with Crippen LogP contribution in [0.25, 0.3) is 120 Å². The topological polar surface area (TPSA) is 89.9 Å². The minimum atomic E-state index is -2.35. The van der Waals surface area contributed by atoms with Gasteiger partial charge < -0.3 is 9.13 Å². The van der Waals surface area contributed by atoms with Crippen molar-refractivity contribution >= 4 is 55.0 Å². The predicted octanol–water partition coefficient (Wildman–Crippen LogP) is 17.6. The second-order valence-electron chi connectivity index (χ2n) is 18.1. The van der Waals surface area contributed by atoms with Gasteiger partial charge in [-0.05, 0) is 98.6 Å². The maximum absolute atomic E-state index is 16.6. The fourth-order valence-corrected chi connectivity index (χ4v) is 10.6. The van der Waals surface area contributed by atoms with Gasteiger partial charge in [0.2, 0.25) is 5.82 Å². The molecule has 2 heterocycles. The van der Waals surface area contributed by atoms with Gasteiger partial charge in [0.1, 0.15) is 11.6 Å². The Bertz CT molecular complexity index is 4260. The highest BCUT2D eigenvalue weighted by molar-refractivity contribution is 6.14. The van der Waals surface area contributed by atoms with Crippen LogP contribution in [0.15, 0.2) is 182 Å². The number of aromatic nitrogens is 2. The molecule has 0 atom stereocenters. The SMILES string of the molecule is [C-]#[N+]c1ccccc1-c1ccc2c3ccc(-c4ccccc4C#N)cc3n(-c3cc(-c4c(F)c(F)c(F)c(F)c4F)cc(-n4c5cc(-c6ccccc6C#N)ccc5c5ccc(-c6ccccc6[N+]#[C-])cc54)c3C#N)c2c1. The summed E-state index contributed by atoms with van der Waals surface area (Å²) in [6.07, 6.45) is 0. The van der Waals surface area contributed by atoms with E-state index in [1.165, 1.54) is 12.1 Å². The van der Waals surface area contributed by atoms with Gasteiger partial charge in [0.25, 0.3) is 0 Å². The predicted molar refractivity (Wildman–Crippen MR) is 289 cm³/mol. The first-order chi connectivity index (χ1) is 37.6. The zero-order valence-corrected chi connectivity index (χ0v) is 39.8. The summed E-state index contributed by atoms with van der Waals surface area (Å²) in [5.41, 5.74) is 5.98. The van der Waals surface area contributed by atoms with Gasteiger partial charge in [-0.3, -0.25) is 0 Å². The molecule has 0 fully saturated rings. The van der Waals surface area contributed by atoms with E-state index in [4.69, 9.17) is 13.1 Å². The Kier molecular flexibility index (Phi) is 11.2. The molecule has 0 radical (unpaired) electrons. The molecule has 7 nitrogen and oxygen atoms in total. The normalized spacial score (nSPS) is 11.1. The third-order valence-electron chi connectivity index (χ3n) is 14.1. The fourth-order valence-electron chi connectivity index (χ4n) is 10.6. The summed E-state index contributed by atoms with van der Waals surface area (Å²) < 4.78 is 82.7. The molecule has 77 heavy (non-hydrogen) atoms. The van der Waals surface area contributed by atoms with Crippen LogP contribution in [-0.2, 0) is 0 Å². The van der Waals surface area contributed by atoms with Crippen molar-refractivity contribution in [3.8, 4) is 85.2 Å². The number of fused-ring (bicyclic) bond motifs is 6. The molecule has 0 amide bonds. The average Bonchev–Trinajstić information content (AvgIpc) is 4.19. The molecule has 360 valence electrons. The van der Waals surface area contributed by atoms with E-state index in [9.17, 15) is 20.2 Å². The molecule has 2 aromatic heterocycles. The van der Waals surface area contributed by atoms with Crippen molar-refractivity contribution in [2.24, 2.45) is 0 Å². The van der Waals surface area contributed by atoms with Crippen molar-refractivity contribution in [2.75, 3.05) is 0 Å². The Morgan fingerprint density at radius 3 is 1.03 bits per heavy atom. The lowest BCUT2D eigenvalue weighted by Gasteiger charge is -2.20. The molecule has 12 rings (SSSR count). The van der Waals surface area contributed by atoms with Gasteiger partial charge in [-0.15, -0.1) is 0 Å². The maximum Gasteiger partial charge on any atom is 0.200 e. The Morgan fingerprint density at radius 2 is 0.675 bits per heavy atom. The van der Waals surface area contributed by atoms with Crippen LogP contribution in [0.5, 0.6) is 0 Å². The molecule has 12 aromatic rings. The monoisotopic (exact) mass is 1000 g/mol. The van der Waals surface area contributed by atoms with Gasteiger partial charge in [-0.1, -0.05) is 133 Å². The van der Waals surface area contributed by atoms with Crippen LogP contribution in [0.4, 0.5) is 33.3 Å². The summed E-state index contributed by atoms with van der Waals surface area (Å²) in [5.74, 6) is -10.9. The second kappa shape index (κ2) is 18.4. The van der Waals surface area contributed by atoms with Gasteiger partial charge in [0.05, 0.1) is 75.4 Å². The minimum Gasteiger partial charge on any atom is -0.308 e. The highest BCUT2D eigenvalue weighted by atomic mass is 19.2. The molecule has 12 heteroatoms. The molecule has 10 aromatic carbocycles. The zero-order chi connectivity index (χ0) is 53.2. The van der Waals surface area contributed by atoms with Crippen LogP contribution >= 0.6 is 0 Å². The van der Waals surface area contributed by atoms with Crippen LogP contribution in [0, 0.1) is 76.2 Å². The lowest BCUT2D eigenvalue weighted by molar-refractivity contribution is 0.381. The Morgan fingerprint density at radius 1 is 0.351 bits per heavy atom. The van der Waals surface area contributed by atoms with Gasteiger partial charge in [-0.25, -0.2) is 31.6 Å². The third kappa shape index (κ3) is 7.35. The maximum atomic E-state index is 16.6.